The number of carboxylic acids is 2. The van der Waals surface area contributed by atoms with Crippen LogP contribution in [0.15, 0.2) is 0 Å². The molecular formula is C13H26N2O4. The molecule has 0 radical (unpaired) electrons. The lowest BCUT2D eigenvalue weighted by molar-refractivity contribution is -0.139. The van der Waals surface area contributed by atoms with Crippen LogP contribution in [-0.4, -0.2) is 28.3 Å². The number of nitrogens with two attached hydrogens (primary N) is 2. The van der Waals surface area contributed by atoms with Crippen LogP contribution in [0.5, 0.6) is 0 Å². The van der Waals surface area contributed by atoms with E-state index < -0.39 is 11.9 Å². The topological polar surface area (TPSA) is 127 Å². The highest BCUT2D eigenvalue weighted by atomic mass is 16.4. The summed E-state index contributed by atoms with van der Waals surface area (Å²) < 4.78 is 0. The summed E-state index contributed by atoms with van der Waals surface area (Å²) >= 11 is 0. The Kier molecular flexibility index (Phi) is 10.1. The van der Waals surface area contributed by atoms with Gasteiger partial charge in [0.05, 0.1) is 6.17 Å². The van der Waals surface area contributed by atoms with E-state index in [4.69, 9.17) is 21.7 Å². The molecule has 6 heteroatoms. The highest BCUT2D eigenvalue weighted by molar-refractivity contribution is 5.67. The Hall–Kier alpha value is -1.14. The summed E-state index contributed by atoms with van der Waals surface area (Å²) in [6.45, 7) is 0. The summed E-state index contributed by atoms with van der Waals surface area (Å²) in [6, 6.07) is 0. The van der Waals surface area contributed by atoms with Gasteiger partial charge in [-0.2, -0.15) is 0 Å². The Balaban J connectivity index is 0.000000342. The Labute approximate surface area is 114 Å². The van der Waals surface area contributed by atoms with Gasteiger partial charge in [0.15, 0.2) is 0 Å². The first-order valence-corrected chi connectivity index (χ1v) is 6.88. The van der Waals surface area contributed by atoms with Crippen molar-refractivity contribution in [2.75, 3.05) is 0 Å². The summed E-state index contributed by atoms with van der Waals surface area (Å²) in [5.41, 5.74) is 11.1. The maximum atomic E-state index is 9.90. The van der Waals surface area contributed by atoms with Gasteiger partial charge in [0, 0.05) is 12.8 Å². The summed E-state index contributed by atoms with van der Waals surface area (Å²) in [5.74, 6) is -1.13. The van der Waals surface area contributed by atoms with Crippen molar-refractivity contribution in [3.8, 4) is 0 Å². The smallest absolute Gasteiger partial charge is 0.303 e. The molecule has 1 saturated carbocycles. The molecule has 0 aromatic rings. The van der Waals surface area contributed by atoms with Gasteiger partial charge in [-0.25, -0.2) is 0 Å². The van der Waals surface area contributed by atoms with E-state index in [0.717, 1.165) is 0 Å². The van der Waals surface area contributed by atoms with E-state index in [1.54, 1.807) is 0 Å². The van der Waals surface area contributed by atoms with Crippen LogP contribution in [0.25, 0.3) is 0 Å². The number of rotatable bonds is 6. The summed E-state index contributed by atoms with van der Waals surface area (Å²) in [5, 5.41) is 16.3. The van der Waals surface area contributed by atoms with E-state index >= 15 is 0 Å². The zero-order valence-corrected chi connectivity index (χ0v) is 11.4. The van der Waals surface area contributed by atoms with Gasteiger partial charge < -0.3 is 21.7 Å². The highest BCUT2D eigenvalue weighted by Crippen LogP contribution is 2.23. The van der Waals surface area contributed by atoms with Crippen LogP contribution < -0.4 is 11.5 Å². The van der Waals surface area contributed by atoms with Crippen LogP contribution in [0.2, 0.25) is 0 Å². The van der Waals surface area contributed by atoms with Crippen LogP contribution in [0.3, 0.4) is 0 Å². The Morgan fingerprint density at radius 3 is 1.63 bits per heavy atom. The van der Waals surface area contributed by atoms with Crippen molar-refractivity contribution in [2.24, 2.45) is 17.4 Å². The van der Waals surface area contributed by atoms with Crippen LogP contribution in [0, 0.1) is 5.92 Å². The molecule has 1 fully saturated rings. The molecule has 6 nitrogen and oxygen atoms in total. The largest absolute Gasteiger partial charge is 0.481 e. The van der Waals surface area contributed by atoms with Gasteiger partial charge in [0.2, 0.25) is 0 Å². The second-order valence-corrected chi connectivity index (χ2v) is 4.97. The van der Waals surface area contributed by atoms with Crippen molar-refractivity contribution < 1.29 is 19.8 Å². The fourth-order valence-electron chi connectivity index (χ4n) is 2.07. The monoisotopic (exact) mass is 274 g/mol. The molecule has 0 unspecified atom stereocenters. The predicted octanol–water partition coefficient (Wildman–Crippen LogP) is 1.53. The van der Waals surface area contributed by atoms with E-state index in [9.17, 15) is 9.59 Å². The average molecular weight is 274 g/mol. The van der Waals surface area contributed by atoms with E-state index in [0.29, 0.717) is 18.8 Å². The Bertz CT molecular complexity index is 247. The first-order chi connectivity index (χ1) is 8.93. The van der Waals surface area contributed by atoms with Crippen molar-refractivity contribution in [3.63, 3.8) is 0 Å². The summed E-state index contributed by atoms with van der Waals surface area (Å²) in [6.07, 6.45) is 7.48. The third-order valence-corrected chi connectivity index (χ3v) is 3.23. The van der Waals surface area contributed by atoms with E-state index in [1.165, 1.54) is 32.1 Å². The molecule has 112 valence electrons. The molecule has 1 rings (SSSR count). The zero-order valence-electron chi connectivity index (χ0n) is 11.4. The third-order valence-electron chi connectivity index (χ3n) is 3.23. The van der Waals surface area contributed by atoms with Crippen molar-refractivity contribution in [3.05, 3.63) is 0 Å². The minimum absolute atomic E-state index is 0.0628. The van der Waals surface area contributed by atoms with Gasteiger partial charge >= 0.3 is 11.9 Å². The highest BCUT2D eigenvalue weighted by Gasteiger charge is 2.16. The SMILES string of the molecule is NC(N)C1CCCCC1.O=C(O)CCCCC(=O)O. The molecule has 0 amide bonds. The molecule has 6 N–H and O–H groups in total. The fraction of sp³-hybridized carbons (Fsp3) is 0.846. The average Bonchev–Trinajstić information content (AvgIpc) is 2.36. The van der Waals surface area contributed by atoms with E-state index in [2.05, 4.69) is 0 Å². The lowest BCUT2D eigenvalue weighted by atomic mass is 9.87. The molecule has 0 aliphatic heterocycles. The number of hydrogen-bond acceptors (Lipinski definition) is 4. The van der Waals surface area contributed by atoms with Gasteiger partial charge in [-0.3, -0.25) is 9.59 Å². The Morgan fingerprint density at radius 1 is 0.947 bits per heavy atom. The van der Waals surface area contributed by atoms with Gasteiger partial charge in [-0.1, -0.05) is 19.3 Å². The van der Waals surface area contributed by atoms with Gasteiger partial charge in [-0.05, 0) is 31.6 Å². The lowest BCUT2D eigenvalue weighted by Gasteiger charge is -2.24. The molecule has 0 aromatic heterocycles. The number of aliphatic carboxylic acids is 2. The first kappa shape index (κ1) is 17.9. The van der Waals surface area contributed by atoms with Crippen molar-refractivity contribution >= 4 is 11.9 Å². The van der Waals surface area contributed by atoms with Crippen LogP contribution >= 0.6 is 0 Å². The van der Waals surface area contributed by atoms with Gasteiger partial charge in [0.25, 0.3) is 0 Å². The van der Waals surface area contributed by atoms with E-state index in [1.807, 2.05) is 0 Å². The summed E-state index contributed by atoms with van der Waals surface area (Å²) in [7, 11) is 0. The fourth-order valence-corrected chi connectivity index (χ4v) is 2.07. The van der Waals surface area contributed by atoms with Crippen molar-refractivity contribution in [1.29, 1.82) is 0 Å². The standard InChI is InChI=1S/C7H16N2.C6H10O4/c8-7(9)6-4-2-1-3-5-6;7-5(8)3-1-2-4-6(9)10/h6-7H,1-5,8-9H2;1-4H2,(H,7,8)(H,9,10). The molecule has 0 bridgehead atoms. The number of carbonyl (C=O) groups is 2. The number of unbranched alkanes of at least 4 members (excludes halogenated alkanes) is 1. The predicted molar refractivity (Wildman–Crippen MR) is 72.5 cm³/mol. The molecule has 19 heavy (non-hydrogen) atoms. The quantitative estimate of drug-likeness (QED) is 0.429. The number of carboxylic acid groups (broad SMARTS) is 2. The van der Waals surface area contributed by atoms with Gasteiger partial charge in [0.1, 0.15) is 0 Å². The van der Waals surface area contributed by atoms with E-state index in [-0.39, 0.29) is 19.0 Å². The molecule has 0 aromatic carbocycles. The molecule has 0 atom stereocenters. The number of hydrogen-bond donors (Lipinski definition) is 4. The Morgan fingerprint density at radius 2 is 1.37 bits per heavy atom. The molecular weight excluding hydrogens is 248 g/mol. The third kappa shape index (κ3) is 11.7. The normalized spacial score (nSPS) is 15.7. The molecule has 0 heterocycles. The maximum absolute atomic E-state index is 9.90. The van der Waals surface area contributed by atoms with Crippen LogP contribution in [-0.2, 0) is 9.59 Å². The molecule has 1 aliphatic rings. The van der Waals surface area contributed by atoms with Crippen LogP contribution in [0.1, 0.15) is 57.8 Å². The van der Waals surface area contributed by atoms with Crippen molar-refractivity contribution in [1.82, 2.24) is 0 Å². The van der Waals surface area contributed by atoms with Gasteiger partial charge in [-0.15, -0.1) is 0 Å². The van der Waals surface area contributed by atoms with Crippen LogP contribution in [0.4, 0.5) is 0 Å². The summed E-state index contributed by atoms with van der Waals surface area (Å²) in [4.78, 5) is 19.8. The maximum Gasteiger partial charge on any atom is 0.303 e. The minimum Gasteiger partial charge on any atom is -0.481 e. The molecule has 0 saturated heterocycles. The zero-order chi connectivity index (χ0) is 14.7. The molecule has 1 aliphatic carbocycles. The second kappa shape index (κ2) is 10.8. The molecule has 0 spiro atoms. The second-order valence-electron chi connectivity index (χ2n) is 4.97. The lowest BCUT2D eigenvalue weighted by Crippen LogP contribution is -2.39. The first-order valence-electron chi connectivity index (χ1n) is 6.88. The van der Waals surface area contributed by atoms with Crippen molar-refractivity contribution in [2.45, 2.75) is 64.0 Å². The minimum atomic E-state index is -0.870.